The van der Waals surface area contributed by atoms with Crippen LogP contribution in [-0.2, 0) is 16.1 Å². The number of fused-ring (bicyclic) bond motifs is 1. The van der Waals surface area contributed by atoms with Gasteiger partial charge in [-0.2, -0.15) is 13.2 Å². The zero-order valence-corrected chi connectivity index (χ0v) is 13.1. The summed E-state index contributed by atoms with van der Waals surface area (Å²) < 4.78 is 53.0. The number of hydrogen-bond acceptors (Lipinski definition) is 3. The van der Waals surface area contributed by atoms with Gasteiger partial charge >= 0.3 is 6.18 Å². The van der Waals surface area contributed by atoms with Crippen molar-refractivity contribution in [2.24, 2.45) is 0 Å². The highest BCUT2D eigenvalue weighted by molar-refractivity contribution is 6.05. The number of imide groups is 1. The number of hydrogen-bond donors (Lipinski definition) is 1. The SMILES string of the molecule is CC(c1cc(F)cc2c1CN(C1CCC(=O)NC1=O)C2=O)C(F)(F)F. The molecule has 134 valence electrons. The van der Waals surface area contributed by atoms with Crippen LogP contribution in [0, 0.1) is 5.82 Å². The molecule has 25 heavy (non-hydrogen) atoms. The monoisotopic (exact) mass is 358 g/mol. The smallest absolute Gasteiger partial charge is 0.322 e. The van der Waals surface area contributed by atoms with Crippen molar-refractivity contribution in [3.8, 4) is 0 Å². The average molecular weight is 358 g/mol. The number of nitrogens with one attached hydrogen (secondary N) is 1. The maximum absolute atomic E-state index is 13.8. The van der Waals surface area contributed by atoms with Gasteiger partial charge in [-0.05, 0) is 36.6 Å². The van der Waals surface area contributed by atoms with E-state index in [1.54, 1.807) is 0 Å². The maximum Gasteiger partial charge on any atom is 0.395 e. The molecule has 3 amide bonds. The second-order valence-corrected chi connectivity index (χ2v) is 6.18. The molecule has 5 nitrogen and oxygen atoms in total. The van der Waals surface area contributed by atoms with Crippen LogP contribution in [0.1, 0.15) is 47.2 Å². The third-order valence-corrected chi connectivity index (χ3v) is 4.61. The topological polar surface area (TPSA) is 66.5 Å². The largest absolute Gasteiger partial charge is 0.395 e. The average Bonchev–Trinajstić information content (AvgIpc) is 2.82. The van der Waals surface area contributed by atoms with E-state index in [4.69, 9.17) is 0 Å². The van der Waals surface area contributed by atoms with Crippen LogP contribution in [0.2, 0.25) is 0 Å². The summed E-state index contributed by atoms with van der Waals surface area (Å²) in [6, 6.07) is 0.698. The normalized spacial score (nSPS) is 22.0. The molecule has 1 fully saturated rings. The second-order valence-electron chi connectivity index (χ2n) is 6.18. The van der Waals surface area contributed by atoms with E-state index in [1.165, 1.54) is 0 Å². The number of carbonyl (C=O) groups is 3. The van der Waals surface area contributed by atoms with Gasteiger partial charge in [-0.1, -0.05) is 0 Å². The van der Waals surface area contributed by atoms with Gasteiger partial charge in [0, 0.05) is 18.5 Å². The summed E-state index contributed by atoms with van der Waals surface area (Å²) in [5.74, 6) is -4.75. The number of amides is 3. The highest BCUT2D eigenvalue weighted by atomic mass is 19.4. The molecule has 1 N–H and O–H groups in total. The van der Waals surface area contributed by atoms with Gasteiger partial charge in [-0.25, -0.2) is 4.39 Å². The Bertz CT molecular complexity index is 775. The molecule has 1 aromatic carbocycles. The van der Waals surface area contributed by atoms with Gasteiger partial charge < -0.3 is 4.90 Å². The van der Waals surface area contributed by atoms with Crippen LogP contribution in [0.25, 0.3) is 0 Å². The van der Waals surface area contributed by atoms with Crippen LogP contribution in [-0.4, -0.2) is 34.8 Å². The highest BCUT2D eigenvalue weighted by Gasteiger charge is 2.44. The van der Waals surface area contributed by atoms with E-state index in [9.17, 15) is 31.9 Å². The van der Waals surface area contributed by atoms with Gasteiger partial charge in [-0.3, -0.25) is 19.7 Å². The van der Waals surface area contributed by atoms with Crippen LogP contribution in [0.4, 0.5) is 17.6 Å². The van der Waals surface area contributed by atoms with E-state index in [0.29, 0.717) is 0 Å². The minimum absolute atomic E-state index is 0.0245. The molecule has 0 radical (unpaired) electrons. The second kappa shape index (κ2) is 5.82. The van der Waals surface area contributed by atoms with Crippen LogP contribution in [0.5, 0.6) is 0 Å². The molecule has 1 aromatic rings. The lowest BCUT2D eigenvalue weighted by Crippen LogP contribution is -2.52. The van der Waals surface area contributed by atoms with E-state index in [1.807, 2.05) is 0 Å². The van der Waals surface area contributed by atoms with E-state index in [2.05, 4.69) is 5.32 Å². The molecule has 3 rings (SSSR count). The minimum atomic E-state index is -4.59. The van der Waals surface area contributed by atoms with Gasteiger partial charge in [0.15, 0.2) is 0 Å². The van der Waals surface area contributed by atoms with Crippen LogP contribution >= 0.6 is 0 Å². The minimum Gasteiger partial charge on any atom is -0.322 e. The molecular weight excluding hydrogens is 344 g/mol. The molecule has 2 unspecified atom stereocenters. The van der Waals surface area contributed by atoms with E-state index in [-0.39, 0.29) is 36.1 Å². The molecule has 0 aromatic heterocycles. The van der Waals surface area contributed by atoms with Crippen LogP contribution < -0.4 is 5.32 Å². The molecule has 1 saturated heterocycles. The number of alkyl halides is 3. The van der Waals surface area contributed by atoms with Crippen molar-refractivity contribution in [2.45, 2.75) is 44.4 Å². The fraction of sp³-hybridized carbons (Fsp3) is 0.438. The molecule has 0 saturated carbocycles. The lowest BCUT2D eigenvalue weighted by Gasteiger charge is -2.29. The van der Waals surface area contributed by atoms with Crippen LogP contribution in [0.15, 0.2) is 12.1 Å². The van der Waals surface area contributed by atoms with Crippen molar-refractivity contribution in [1.29, 1.82) is 0 Å². The molecule has 2 aliphatic heterocycles. The number of piperidine rings is 1. The Kier molecular flexibility index (Phi) is 4.04. The first-order valence-electron chi connectivity index (χ1n) is 7.63. The van der Waals surface area contributed by atoms with E-state index in [0.717, 1.165) is 24.0 Å². The van der Waals surface area contributed by atoms with Crippen molar-refractivity contribution < 1.29 is 31.9 Å². The summed E-state index contributed by atoms with van der Waals surface area (Å²) in [6.07, 6.45) is -4.49. The predicted molar refractivity (Wildman–Crippen MR) is 76.9 cm³/mol. The summed E-state index contributed by atoms with van der Waals surface area (Å²) in [7, 11) is 0. The molecule has 0 aliphatic carbocycles. The van der Waals surface area contributed by atoms with Gasteiger partial charge in [-0.15, -0.1) is 0 Å². The van der Waals surface area contributed by atoms with Crippen molar-refractivity contribution in [3.05, 3.63) is 34.6 Å². The Morgan fingerprint density at radius 3 is 2.52 bits per heavy atom. The summed E-state index contributed by atoms with van der Waals surface area (Å²) >= 11 is 0. The van der Waals surface area contributed by atoms with Crippen molar-refractivity contribution in [3.63, 3.8) is 0 Å². The Morgan fingerprint density at radius 2 is 1.92 bits per heavy atom. The fourth-order valence-electron chi connectivity index (χ4n) is 3.22. The van der Waals surface area contributed by atoms with E-state index >= 15 is 0 Å². The van der Waals surface area contributed by atoms with Gasteiger partial charge in [0.05, 0.1) is 5.92 Å². The van der Waals surface area contributed by atoms with Gasteiger partial charge in [0.1, 0.15) is 11.9 Å². The Hall–Kier alpha value is -2.45. The quantitative estimate of drug-likeness (QED) is 0.651. The number of nitrogens with zero attached hydrogens (tertiary/aromatic N) is 1. The summed E-state index contributed by atoms with van der Waals surface area (Å²) in [6.45, 7) is 0.671. The number of halogens is 4. The third kappa shape index (κ3) is 2.98. The number of rotatable bonds is 2. The van der Waals surface area contributed by atoms with Crippen LogP contribution in [0.3, 0.4) is 0 Å². The molecule has 0 bridgehead atoms. The van der Waals surface area contributed by atoms with Gasteiger partial charge in [0.25, 0.3) is 5.91 Å². The zero-order chi connectivity index (χ0) is 18.5. The molecule has 2 heterocycles. The Balaban J connectivity index is 1.98. The third-order valence-electron chi connectivity index (χ3n) is 4.61. The Morgan fingerprint density at radius 1 is 1.24 bits per heavy atom. The lowest BCUT2D eigenvalue weighted by atomic mass is 9.93. The summed E-state index contributed by atoms with van der Waals surface area (Å²) in [5, 5.41) is 2.10. The van der Waals surface area contributed by atoms with Crippen molar-refractivity contribution in [1.82, 2.24) is 10.2 Å². The standard InChI is InChI=1S/C16H14F4N2O3/c1-7(16(18,19)20)9-4-8(17)5-10-11(9)6-22(15(10)25)12-2-3-13(23)21-14(12)24/h4-5,7,12H,2-3,6H2,1H3,(H,21,23,24). The van der Waals surface area contributed by atoms with Gasteiger partial charge in [0.2, 0.25) is 11.8 Å². The number of carbonyl (C=O) groups excluding carboxylic acids is 3. The predicted octanol–water partition coefficient (Wildman–Crippen LogP) is 2.25. The number of benzene rings is 1. The summed E-state index contributed by atoms with van der Waals surface area (Å²) in [5.41, 5.74) is -0.414. The molecule has 0 spiro atoms. The van der Waals surface area contributed by atoms with E-state index < -0.39 is 41.7 Å². The highest BCUT2D eigenvalue weighted by Crippen LogP contribution is 2.40. The summed E-state index contributed by atoms with van der Waals surface area (Å²) in [4.78, 5) is 36.8. The van der Waals surface area contributed by atoms with Crippen molar-refractivity contribution in [2.75, 3.05) is 0 Å². The molecular formula is C16H14F4N2O3. The molecule has 2 atom stereocenters. The van der Waals surface area contributed by atoms with Crippen molar-refractivity contribution >= 4 is 17.7 Å². The fourth-order valence-corrected chi connectivity index (χ4v) is 3.22. The lowest BCUT2D eigenvalue weighted by molar-refractivity contribution is -0.146. The zero-order valence-electron chi connectivity index (χ0n) is 13.1. The molecule has 9 heteroatoms. The first kappa shape index (κ1) is 17.4. The first-order chi connectivity index (χ1) is 11.6. The molecule has 2 aliphatic rings. The maximum atomic E-state index is 13.8. The Labute approximate surface area is 140 Å². The first-order valence-corrected chi connectivity index (χ1v) is 7.63.